The Morgan fingerprint density at radius 2 is 1.85 bits per heavy atom. The first-order chi connectivity index (χ1) is 22.1. The topological polar surface area (TPSA) is 163 Å². The molecular weight excluding hydrogens is 612 g/mol. The van der Waals surface area contributed by atoms with E-state index in [0.717, 1.165) is 17.7 Å². The van der Waals surface area contributed by atoms with Crippen molar-refractivity contribution in [1.82, 2.24) is 14.6 Å². The Morgan fingerprint density at radius 1 is 1.09 bits per heavy atom. The number of amides is 1. The number of benzene rings is 2. The van der Waals surface area contributed by atoms with E-state index >= 15 is 0 Å². The smallest absolute Gasteiger partial charge is 0.407 e. The van der Waals surface area contributed by atoms with Crippen molar-refractivity contribution in [3.63, 3.8) is 0 Å². The number of nitrogens with zero attached hydrogens (tertiary/aromatic N) is 2. The third kappa shape index (κ3) is 8.74. The van der Waals surface area contributed by atoms with Crippen LogP contribution in [0.1, 0.15) is 31.5 Å². The van der Waals surface area contributed by atoms with Crippen molar-refractivity contribution >= 4 is 21.8 Å². The molecule has 46 heavy (non-hydrogen) atoms. The van der Waals surface area contributed by atoms with Gasteiger partial charge < -0.3 is 35.1 Å². The predicted molar refractivity (Wildman–Crippen MR) is 170 cm³/mol. The second-order valence-electron chi connectivity index (χ2n) is 12.0. The van der Waals surface area contributed by atoms with Gasteiger partial charge >= 0.3 is 6.09 Å². The third-order valence-corrected chi connectivity index (χ3v) is 9.83. The number of nitrogens with two attached hydrogens (primary N) is 1. The largest absolute Gasteiger partial charge is 0.487 e. The average molecular weight is 655 g/mol. The van der Waals surface area contributed by atoms with Gasteiger partial charge in [0.2, 0.25) is 10.0 Å². The summed E-state index contributed by atoms with van der Waals surface area (Å²) >= 11 is 0. The summed E-state index contributed by atoms with van der Waals surface area (Å²) in [5.41, 5.74) is 7.80. The van der Waals surface area contributed by atoms with Crippen LogP contribution >= 0.6 is 0 Å². The maximum absolute atomic E-state index is 13.7. The van der Waals surface area contributed by atoms with Crippen LogP contribution in [0.25, 0.3) is 0 Å². The molecule has 3 heterocycles. The van der Waals surface area contributed by atoms with Gasteiger partial charge in [-0.1, -0.05) is 32.0 Å². The first-order valence-corrected chi connectivity index (χ1v) is 16.9. The molecular formula is C33H42N4O8S. The Labute approximate surface area is 269 Å². The molecule has 5 atom stereocenters. The summed E-state index contributed by atoms with van der Waals surface area (Å²) in [5.74, 6) is 0.542. The summed E-state index contributed by atoms with van der Waals surface area (Å²) in [5, 5.41) is 14.4. The van der Waals surface area contributed by atoms with E-state index in [1.54, 1.807) is 18.3 Å². The van der Waals surface area contributed by atoms with Crippen LogP contribution in [-0.2, 0) is 37.3 Å². The van der Waals surface area contributed by atoms with E-state index in [0.29, 0.717) is 24.7 Å². The van der Waals surface area contributed by atoms with Crippen LogP contribution in [0.15, 0.2) is 77.8 Å². The van der Waals surface area contributed by atoms with Gasteiger partial charge in [-0.2, -0.15) is 4.31 Å². The number of nitrogen functional groups attached to an aromatic ring is 1. The van der Waals surface area contributed by atoms with Gasteiger partial charge in [-0.3, -0.25) is 4.98 Å². The lowest BCUT2D eigenvalue weighted by Gasteiger charge is -2.31. The predicted octanol–water partition coefficient (Wildman–Crippen LogP) is 3.35. The number of nitrogens with one attached hydrogen (secondary N) is 1. The number of aliphatic hydroxyl groups is 1. The summed E-state index contributed by atoms with van der Waals surface area (Å²) in [6.07, 6.45) is -0.255. The van der Waals surface area contributed by atoms with Crippen LogP contribution in [0.4, 0.5) is 10.5 Å². The van der Waals surface area contributed by atoms with Gasteiger partial charge in [0, 0.05) is 25.0 Å². The van der Waals surface area contributed by atoms with Gasteiger partial charge in [-0.15, -0.1) is 0 Å². The molecule has 4 N–H and O–H groups in total. The molecule has 3 aromatic rings. The van der Waals surface area contributed by atoms with E-state index in [4.69, 9.17) is 24.7 Å². The number of ether oxygens (including phenoxy) is 4. The molecule has 0 saturated carbocycles. The van der Waals surface area contributed by atoms with Crippen LogP contribution < -0.4 is 15.8 Å². The van der Waals surface area contributed by atoms with Gasteiger partial charge in [0.25, 0.3) is 0 Å². The van der Waals surface area contributed by atoms with Gasteiger partial charge in [0.15, 0.2) is 6.29 Å². The SMILES string of the molecule is CC(C)CN(C[C@@H](O)[C@H](Cc1ccc(OCc2ccccn2)cc1)NC(=O)OC1COC2OCCC12)S(=O)(=O)c1ccc(N)cc1. The molecule has 12 nitrogen and oxygen atoms in total. The van der Waals surface area contributed by atoms with Crippen molar-refractivity contribution in [1.29, 1.82) is 0 Å². The molecule has 2 fully saturated rings. The van der Waals surface area contributed by atoms with E-state index in [1.165, 1.54) is 28.6 Å². The second kappa shape index (κ2) is 15.2. The van der Waals surface area contributed by atoms with E-state index in [2.05, 4.69) is 10.3 Å². The number of aromatic nitrogens is 1. The summed E-state index contributed by atoms with van der Waals surface area (Å²) in [6.45, 7) is 4.75. The fourth-order valence-electron chi connectivity index (χ4n) is 5.57. The molecule has 1 amide bonds. The molecule has 13 heteroatoms. The molecule has 3 unspecified atom stereocenters. The van der Waals surface area contributed by atoms with Gasteiger partial charge in [0.05, 0.1) is 41.9 Å². The summed E-state index contributed by atoms with van der Waals surface area (Å²) < 4.78 is 51.3. The minimum atomic E-state index is -3.98. The highest BCUT2D eigenvalue weighted by atomic mass is 32.2. The number of hydrogen-bond donors (Lipinski definition) is 3. The van der Waals surface area contributed by atoms with Crippen molar-refractivity contribution in [3.05, 3.63) is 84.2 Å². The molecule has 2 aliphatic rings. The molecule has 248 valence electrons. The minimum absolute atomic E-state index is 0.0327. The first-order valence-electron chi connectivity index (χ1n) is 15.4. The first kappa shape index (κ1) is 33.6. The number of sulfonamides is 1. The minimum Gasteiger partial charge on any atom is -0.487 e. The third-order valence-electron chi connectivity index (χ3n) is 7.98. The molecule has 1 aromatic heterocycles. The van der Waals surface area contributed by atoms with E-state index in [9.17, 15) is 18.3 Å². The monoisotopic (exact) mass is 654 g/mol. The standard InChI is InChI=1S/C33H42N4O8S/c1-22(2)18-37(46(40,41)27-12-8-24(34)9-13-27)19-30(38)29(36-33(39)45-31-21-44-32-28(31)14-16-42-32)17-23-6-10-26(11-7-23)43-20-25-5-3-4-15-35-25/h3-13,15,22,28-32,38H,14,16-21,34H2,1-2H3,(H,36,39)/t28?,29-,30+,31?,32?/m0/s1. The van der Waals surface area contributed by atoms with E-state index < -0.39 is 34.4 Å². The molecule has 2 aliphatic heterocycles. The lowest BCUT2D eigenvalue weighted by molar-refractivity contribution is -0.0907. The number of pyridine rings is 1. The fraction of sp³-hybridized carbons (Fsp3) is 0.455. The molecule has 0 radical (unpaired) electrons. The van der Waals surface area contributed by atoms with Crippen molar-refractivity contribution in [3.8, 4) is 5.75 Å². The van der Waals surface area contributed by atoms with Crippen molar-refractivity contribution < 1.29 is 37.3 Å². The lowest BCUT2D eigenvalue weighted by atomic mass is 10.0. The highest BCUT2D eigenvalue weighted by Gasteiger charge is 2.44. The number of aliphatic hydroxyl groups excluding tert-OH is 1. The van der Waals surface area contributed by atoms with Gasteiger partial charge in [-0.05, 0) is 72.9 Å². The molecule has 2 saturated heterocycles. The number of rotatable bonds is 14. The lowest BCUT2D eigenvalue weighted by Crippen LogP contribution is -2.51. The zero-order chi connectivity index (χ0) is 32.7. The zero-order valence-electron chi connectivity index (χ0n) is 26.0. The number of carbonyl (C=O) groups excluding carboxylic acids is 1. The second-order valence-corrected chi connectivity index (χ2v) is 14.0. The van der Waals surface area contributed by atoms with Crippen LogP contribution in [0.3, 0.4) is 0 Å². The Morgan fingerprint density at radius 3 is 2.54 bits per heavy atom. The Bertz CT molecular complexity index is 1520. The molecule has 0 spiro atoms. The Hall–Kier alpha value is -3.75. The number of anilines is 1. The highest BCUT2D eigenvalue weighted by molar-refractivity contribution is 7.89. The van der Waals surface area contributed by atoms with Crippen LogP contribution in [-0.4, -0.2) is 79.7 Å². The average Bonchev–Trinajstić information content (AvgIpc) is 3.66. The van der Waals surface area contributed by atoms with Gasteiger partial charge in [0.1, 0.15) is 18.5 Å². The van der Waals surface area contributed by atoms with Crippen LogP contribution in [0.5, 0.6) is 5.75 Å². The molecule has 0 aliphatic carbocycles. The van der Waals surface area contributed by atoms with Crippen molar-refractivity contribution in [2.24, 2.45) is 11.8 Å². The van der Waals surface area contributed by atoms with E-state index in [1.807, 2.05) is 44.2 Å². The molecule has 0 bridgehead atoms. The fourth-order valence-corrected chi connectivity index (χ4v) is 7.19. The zero-order valence-corrected chi connectivity index (χ0v) is 26.8. The van der Waals surface area contributed by atoms with Crippen LogP contribution in [0, 0.1) is 11.8 Å². The van der Waals surface area contributed by atoms with Crippen molar-refractivity contribution in [2.45, 2.75) is 62.7 Å². The maximum Gasteiger partial charge on any atom is 0.407 e. The number of carbonyl (C=O) groups is 1. The maximum atomic E-state index is 13.7. The van der Waals surface area contributed by atoms with Crippen LogP contribution in [0.2, 0.25) is 0 Å². The van der Waals surface area contributed by atoms with Gasteiger partial charge in [-0.25, -0.2) is 13.2 Å². The quantitative estimate of drug-likeness (QED) is 0.220. The number of hydrogen-bond acceptors (Lipinski definition) is 10. The highest BCUT2D eigenvalue weighted by Crippen LogP contribution is 2.33. The summed E-state index contributed by atoms with van der Waals surface area (Å²) in [4.78, 5) is 17.5. The number of alkyl carbamates (subject to hydrolysis) is 1. The van der Waals surface area contributed by atoms with E-state index in [-0.39, 0.29) is 49.1 Å². The summed E-state index contributed by atoms with van der Waals surface area (Å²) in [6, 6.07) is 17.9. The molecule has 5 rings (SSSR count). The van der Waals surface area contributed by atoms with Crippen molar-refractivity contribution in [2.75, 3.05) is 32.0 Å². The molecule has 2 aromatic carbocycles. The number of fused-ring (bicyclic) bond motifs is 1. The Balaban J connectivity index is 1.31. The normalized spacial score (nSPS) is 20.8. The summed E-state index contributed by atoms with van der Waals surface area (Å²) in [7, 11) is -3.98. The Kier molecular flexibility index (Phi) is 11.1.